The maximum atomic E-state index is 14.3. The highest BCUT2D eigenvalue weighted by Crippen LogP contribution is 2.27. The Morgan fingerprint density at radius 3 is 2.17 bits per heavy atom. The molecule has 4 rings (SSSR count). The zero-order valence-electron chi connectivity index (χ0n) is 31.0. The normalized spacial score (nSPS) is 16.9. The molecule has 1 saturated heterocycles. The van der Waals surface area contributed by atoms with Crippen molar-refractivity contribution < 1.29 is 42.1 Å². The Hall–Kier alpha value is -4.59. The molecular weight excluding hydrogens is 691 g/mol. The van der Waals surface area contributed by atoms with Gasteiger partial charge in [-0.05, 0) is 82.1 Å². The topological polar surface area (TPSA) is 135 Å². The molecule has 3 unspecified atom stereocenters. The zero-order chi connectivity index (χ0) is 38.8. The molecule has 0 bridgehead atoms. The molecule has 3 amide bonds. The van der Waals surface area contributed by atoms with Crippen LogP contribution in [0.1, 0.15) is 77.5 Å². The molecule has 1 fully saturated rings. The van der Waals surface area contributed by atoms with Gasteiger partial charge in [-0.25, -0.2) is 9.78 Å². The van der Waals surface area contributed by atoms with Crippen LogP contribution in [0.5, 0.6) is 5.75 Å². The lowest BCUT2D eigenvalue weighted by Gasteiger charge is -2.36. The maximum Gasteiger partial charge on any atom is 0.573 e. The van der Waals surface area contributed by atoms with Crippen LogP contribution in [0.4, 0.5) is 18.0 Å². The fourth-order valence-corrected chi connectivity index (χ4v) is 6.48. The second-order valence-corrected chi connectivity index (χ2v) is 14.8. The lowest BCUT2D eigenvalue weighted by atomic mass is 9.87. The number of alkyl carbamates (subject to hydrolysis) is 1. The standard InChI is InChI=1S/C39H52F3N5O6/c1-6-26(2)34(36(50)46-19-16-30(17-20-46)47-21-18-43-25-47)45-35(49)29(22-28-12-14-31(15-13-28)52-39(40,41)42)24-33(48)32(23-27-10-8-7-9-11-27)44-37(51)53-38(3,4)5/h7-15,18,21,25-26,29-30,32-34,48H,6,16-17,19-20,22-24H2,1-5H3,(H,44,51)(H,45,49)/t26-,29?,32?,33?,34-/m0/s1. The summed E-state index contributed by atoms with van der Waals surface area (Å²) >= 11 is 0. The van der Waals surface area contributed by atoms with E-state index in [9.17, 15) is 32.7 Å². The molecule has 1 aliphatic rings. The third kappa shape index (κ3) is 13.1. The minimum atomic E-state index is -4.87. The Bertz CT molecular complexity index is 1590. The minimum absolute atomic E-state index is 0.0252. The van der Waals surface area contributed by atoms with E-state index in [1.165, 1.54) is 12.1 Å². The number of amides is 3. The number of hydrogen-bond acceptors (Lipinski definition) is 7. The van der Waals surface area contributed by atoms with Crippen molar-refractivity contribution in [3.8, 4) is 5.75 Å². The molecule has 0 radical (unpaired) electrons. The van der Waals surface area contributed by atoms with E-state index in [1.54, 1.807) is 38.2 Å². The predicted octanol–water partition coefficient (Wildman–Crippen LogP) is 6.22. The molecule has 2 heterocycles. The number of nitrogens with one attached hydrogen (secondary N) is 2. The van der Waals surface area contributed by atoms with Crippen LogP contribution >= 0.6 is 0 Å². The highest BCUT2D eigenvalue weighted by atomic mass is 19.4. The quantitative estimate of drug-likeness (QED) is 0.168. The van der Waals surface area contributed by atoms with E-state index in [0.29, 0.717) is 25.1 Å². The van der Waals surface area contributed by atoms with Crippen LogP contribution in [0.25, 0.3) is 0 Å². The van der Waals surface area contributed by atoms with E-state index in [4.69, 9.17) is 4.74 Å². The smallest absolute Gasteiger partial charge is 0.444 e. The molecule has 53 heavy (non-hydrogen) atoms. The fraction of sp³-hybridized carbons (Fsp3) is 0.538. The molecule has 2 aromatic carbocycles. The molecule has 290 valence electrons. The van der Waals surface area contributed by atoms with Crippen molar-refractivity contribution in [1.82, 2.24) is 25.1 Å². The van der Waals surface area contributed by atoms with E-state index in [1.807, 2.05) is 54.9 Å². The number of likely N-dealkylation sites (tertiary alicyclic amines) is 1. The summed E-state index contributed by atoms with van der Waals surface area (Å²) in [5, 5.41) is 17.5. The van der Waals surface area contributed by atoms with Crippen molar-refractivity contribution >= 4 is 17.9 Å². The van der Waals surface area contributed by atoms with Crippen molar-refractivity contribution in [3.63, 3.8) is 0 Å². The van der Waals surface area contributed by atoms with E-state index >= 15 is 0 Å². The third-order valence-corrected chi connectivity index (χ3v) is 9.50. The molecule has 1 aliphatic heterocycles. The second-order valence-electron chi connectivity index (χ2n) is 14.8. The van der Waals surface area contributed by atoms with Gasteiger partial charge < -0.3 is 34.7 Å². The number of halogens is 3. The number of imidazole rings is 1. The Kier molecular flexibility index (Phi) is 14.3. The zero-order valence-corrected chi connectivity index (χ0v) is 31.0. The largest absolute Gasteiger partial charge is 0.573 e. The highest BCUT2D eigenvalue weighted by molar-refractivity contribution is 5.89. The van der Waals surface area contributed by atoms with Crippen LogP contribution in [0.3, 0.4) is 0 Å². The number of carbonyl (C=O) groups is 3. The molecule has 3 aromatic rings. The minimum Gasteiger partial charge on any atom is -0.444 e. The van der Waals surface area contributed by atoms with E-state index in [2.05, 4.69) is 20.4 Å². The molecule has 0 saturated carbocycles. The van der Waals surface area contributed by atoms with Gasteiger partial charge >= 0.3 is 12.5 Å². The number of rotatable bonds is 15. The number of hydrogen-bond donors (Lipinski definition) is 3. The van der Waals surface area contributed by atoms with Crippen LogP contribution in [0, 0.1) is 11.8 Å². The van der Waals surface area contributed by atoms with Crippen molar-refractivity contribution in [2.45, 2.75) is 109 Å². The maximum absolute atomic E-state index is 14.3. The van der Waals surface area contributed by atoms with E-state index in [0.717, 1.165) is 30.5 Å². The third-order valence-electron chi connectivity index (χ3n) is 9.50. The van der Waals surface area contributed by atoms with Gasteiger partial charge in [-0.2, -0.15) is 0 Å². The van der Waals surface area contributed by atoms with Crippen molar-refractivity contribution in [1.29, 1.82) is 0 Å². The molecule has 1 aromatic heterocycles. The first kappa shape index (κ1) is 41.2. The van der Waals surface area contributed by atoms with Gasteiger partial charge in [0.1, 0.15) is 17.4 Å². The summed E-state index contributed by atoms with van der Waals surface area (Å²) in [5.74, 6) is -2.27. The predicted molar refractivity (Wildman–Crippen MR) is 193 cm³/mol. The summed E-state index contributed by atoms with van der Waals surface area (Å²) in [5.41, 5.74) is 0.538. The molecule has 5 atom stereocenters. The molecule has 14 heteroatoms. The molecule has 3 N–H and O–H groups in total. The number of carbonyl (C=O) groups excluding carboxylic acids is 3. The average Bonchev–Trinajstić information content (AvgIpc) is 3.64. The van der Waals surface area contributed by atoms with E-state index < -0.39 is 53.8 Å². The molecule has 11 nitrogen and oxygen atoms in total. The van der Waals surface area contributed by atoms with Crippen LogP contribution in [0.2, 0.25) is 0 Å². The van der Waals surface area contributed by atoms with Gasteiger partial charge in [0.05, 0.1) is 18.5 Å². The number of benzene rings is 2. The SMILES string of the molecule is CC[C@H](C)[C@H](NC(=O)C(Cc1ccc(OC(F)(F)F)cc1)CC(O)C(Cc1ccccc1)NC(=O)OC(C)(C)C)C(=O)N1CCC(n2ccnc2)CC1. The van der Waals surface area contributed by atoms with Crippen LogP contribution < -0.4 is 15.4 Å². The average molecular weight is 744 g/mol. The van der Waals surface area contributed by atoms with Crippen molar-refractivity contribution in [2.24, 2.45) is 11.8 Å². The number of aliphatic hydroxyl groups excluding tert-OH is 1. The van der Waals surface area contributed by atoms with Gasteiger partial charge in [0.2, 0.25) is 11.8 Å². The molecule has 0 spiro atoms. The number of aliphatic hydroxyl groups is 1. The summed E-state index contributed by atoms with van der Waals surface area (Å²) in [4.78, 5) is 47.1. The first-order valence-electron chi connectivity index (χ1n) is 18.1. The Morgan fingerprint density at radius 2 is 1.60 bits per heavy atom. The van der Waals surface area contributed by atoms with Crippen molar-refractivity contribution in [3.05, 3.63) is 84.4 Å². The van der Waals surface area contributed by atoms with Gasteiger partial charge in [-0.1, -0.05) is 62.7 Å². The van der Waals surface area contributed by atoms with Crippen LogP contribution in [0.15, 0.2) is 73.3 Å². The lowest BCUT2D eigenvalue weighted by Crippen LogP contribution is -2.55. The summed E-state index contributed by atoms with van der Waals surface area (Å²) in [7, 11) is 0. The van der Waals surface area contributed by atoms with Crippen LogP contribution in [-0.4, -0.2) is 80.7 Å². The highest BCUT2D eigenvalue weighted by Gasteiger charge is 2.36. The number of alkyl halides is 3. The first-order chi connectivity index (χ1) is 25.0. The number of piperidine rings is 1. The van der Waals surface area contributed by atoms with Crippen LogP contribution in [-0.2, 0) is 27.2 Å². The van der Waals surface area contributed by atoms with Gasteiger partial charge in [-0.3, -0.25) is 9.59 Å². The van der Waals surface area contributed by atoms with Gasteiger partial charge in [-0.15, -0.1) is 13.2 Å². The molecule has 0 aliphatic carbocycles. The molecular formula is C39H52F3N5O6. The summed E-state index contributed by atoms with van der Waals surface area (Å²) < 4.78 is 50.0. The van der Waals surface area contributed by atoms with Gasteiger partial charge in [0.25, 0.3) is 0 Å². The summed E-state index contributed by atoms with van der Waals surface area (Å²) in [6.07, 6.45) is 0.721. The van der Waals surface area contributed by atoms with Crippen molar-refractivity contribution in [2.75, 3.05) is 13.1 Å². The summed E-state index contributed by atoms with van der Waals surface area (Å²) in [6.45, 7) is 10.0. The number of aromatic nitrogens is 2. The second kappa shape index (κ2) is 18.4. The number of ether oxygens (including phenoxy) is 2. The Morgan fingerprint density at radius 1 is 0.962 bits per heavy atom. The first-order valence-corrected chi connectivity index (χ1v) is 18.1. The number of nitrogens with zero attached hydrogens (tertiary/aromatic N) is 3. The fourth-order valence-electron chi connectivity index (χ4n) is 6.48. The monoisotopic (exact) mass is 743 g/mol. The Labute approximate surface area is 309 Å². The van der Waals surface area contributed by atoms with Gasteiger partial charge in [0.15, 0.2) is 0 Å². The lowest BCUT2D eigenvalue weighted by molar-refractivity contribution is -0.274. The summed E-state index contributed by atoms with van der Waals surface area (Å²) in [6, 6.07) is 12.9. The van der Waals surface area contributed by atoms with E-state index in [-0.39, 0.29) is 37.1 Å². The van der Waals surface area contributed by atoms with Gasteiger partial charge in [0, 0.05) is 37.4 Å². The Balaban J connectivity index is 1.57.